The number of aromatic amines is 1. The van der Waals surface area contributed by atoms with Crippen molar-refractivity contribution >= 4 is 0 Å². The average molecular weight is 294 g/mol. The molecule has 0 spiro atoms. The molecule has 0 unspecified atom stereocenters. The van der Waals surface area contributed by atoms with Crippen LogP contribution in [0.4, 0.5) is 0 Å². The summed E-state index contributed by atoms with van der Waals surface area (Å²) in [5, 5.41) is 16.8. The van der Waals surface area contributed by atoms with E-state index in [1.54, 1.807) is 0 Å². The highest BCUT2D eigenvalue weighted by molar-refractivity contribution is 5.56. The van der Waals surface area contributed by atoms with Gasteiger partial charge < -0.3 is 10.5 Å². The van der Waals surface area contributed by atoms with Gasteiger partial charge >= 0.3 is 0 Å². The third-order valence-electron chi connectivity index (χ3n) is 4.02. The van der Waals surface area contributed by atoms with Crippen LogP contribution >= 0.6 is 0 Å². The topological polar surface area (TPSA) is 87.7 Å². The van der Waals surface area contributed by atoms with Gasteiger partial charge in [0.25, 0.3) is 0 Å². The van der Waals surface area contributed by atoms with Crippen molar-refractivity contribution in [3.8, 4) is 11.9 Å². The van der Waals surface area contributed by atoms with Crippen LogP contribution in [0, 0.1) is 18.3 Å². The van der Waals surface area contributed by atoms with Crippen molar-refractivity contribution in [2.75, 3.05) is 0 Å². The maximum Gasteiger partial charge on any atom is 0.244 e. The normalized spacial score (nSPS) is 16.9. The molecule has 0 saturated carbocycles. The molecule has 1 aromatic heterocycles. The summed E-state index contributed by atoms with van der Waals surface area (Å²) in [6, 6.07) is 10.2. The summed E-state index contributed by atoms with van der Waals surface area (Å²) >= 11 is 0. The molecule has 1 aromatic carbocycles. The molecule has 2 aromatic rings. The fourth-order valence-electron chi connectivity index (χ4n) is 2.97. The summed E-state index contributed by atoms with van der Waals surface area (Å²) in [5.41, 5.74) is 10.5. The van der Waals surface area contributed by atoms with Gasteiger partial charge in [-0.2, -0.15) is 5.26 Å². The molecular formula is C17H18N4O. The van der Waals surface area contributed by atoms with Crippen molar-refractivity contribution in [3.63, 3.8) is 0 Å². The molecule has 112 valence electrons. The molecule has 2 heterocycles. The zero-order valence-electron chi connectivity index (χ0n) is 12.7. The van der Waals surface area contributed by atoms with E-state index in [4.69, 9.17) is 10.5 Å². The number of benzene rings is 1. The standard InChI is InChI=1S/C17H18N4O/c1-3-6-13-15-14(11-8-5-4-7-10(11)2)12(9-18)16(19)22-17(15)21-20-13/h4-5,7-8,14H,3,6,19H2,1-2H3,(H,20,21)/t14-/m0/s1. The van der Waals surface area contributed by atoms with Gasteiger partial charge in [-0.1, -0.05) is 37.6 Å². The number of aryl methyl sites for hydroxylation is 2. The Labute approximate surface area is 129 Å². The number of hydrogen-bond acceptors (Lipinski definition) is 4. The molecule has 0 saturated heterocycles. The van der Waals surface area contributed by atoms with Crippen molar-refractivity contribution in [2.24, 2.45) is 5.73 Å². The van der Waals surface area contributed by atoms with Gasteiger partial charge in [0.05, 0.1) is 5.92 Å². The van der Waals surface area contributed by atoms with Gasteiger partial charge in [0.1, 0.15) is 11.6 Å². The Kier molecular flexibility index (Phi) is 3.60. The minimum atomic E-state index is -0.227. The molecule has 0 aliphatic carbocycles. The Hall–Kier alpha value is -2.74. The van der Waals surface area contributed by atoms with Crippen LogP contribution in [0.2, 0.25) is 0 Å². The van der Waals surface area contributed by atoms with Crippen molar-refractivity contribution in [2.45, 2.75) is 32.6 Å². The first-order chi connectivity index (χ1) is 10.7. The first kappa shape index (κ1) is 14.2. The number of nitriles is 1. The first-order valence-electron chi connectivity index (χ1n) is 7.37. The summed E-state index contributed by atoms with van der Waals surface area (Å²) in [7, 11) is 0. The van der Waals surface area contributed by atoms with E-state index in [-0.39, 0.29) is 11.8 Å². The highest BCUT2D eigenvalue weighted by Gasteiger charge is 2.35. The third-order valence-corrected chi connectivity index (χ3v) is 4.02. The minimum absolute atomic E-state index is 0.137. The van der Waals surface area contributed by atoms with Crippen LogP contribution in [-0.4, -0.2) is 10.2 Å². The Bertz CT molecular complexity index is 782. The molecule has 22 heavy (non-hydrogen) atoms. The molecule has 0 bridgehead atoms. The van der Waals surface area contributed by atoms with Gasteiger partial charge in [-0.15, -0.1) is 5.10 Å². The molecule has 0 radical (unpaired) electrons. The van der Waals surface area contributed by atoms with Crippen LogP contribution in [0.25, 0.3) is 0 Å². The molecule has 0 amide bonds. The average Bonchev–Trinajstić information content (AvgIpc) is 2.89. The van der Waals surface area contributed by atoms with Gasteiger partial charge in [-0.3, -0.25) is 5.10 Å². The van der Waals surface area contributed by atoms with Crippen LogP contribution in [0.3, 0.4) is 0 Å². The second kappa shape index (κ2) is 5.57. The number of nitrogens with zero attached hydrogens (tertiary/aromatic N) is 2. The number of ether oxygens (including phenoxy) is 1. The van der Waals surface area contributed by atoms with Gasteiger partial charge in [0.15, 0.2) is 0 Å². The van der Waals surface area contributed by atoms with Gasteiger partial charge in [0.2, 0.25) is 11.8 Å². The van der Waals surface area contributed by atoms with Gasteiger partial charge in [0, 0.05) is 11.3 Å². The number of hydrogen-bond donors (Lipinski definition) is 2. The van der Waals surface area contributed by atoms with Crippen molar-refractivity contribution < 1.29 is 4.74 Å². The minimum Gasteiger partial charge on any atom is -0.420 e. The number of H-pyrrole nitrogens is 1. The van der Waals surface area contributed by atoms with Gasteiger partial charge in [-0.25, -0.2) is 0 Å². The summed E-state index contributed by atoms with van der Waals surface area (Å²) in [6.07, 6.45) is 1.84. The number of nitrogens with two attached hydrogens (primary N) is 1. The zero-order valence-corrected chi connectivity index (χ0v) is 12.7. The largest absolute Gasteiger partial charge is 0.420 e. The summed E-state index contributed by atoms with van der Waals surface area (Å²) < 4.78 is 5.55. The van der Waals surface area contributed by atoms with E-state index in [0.29, 0.717) is 11.5 Å². The fourth-order valence-corrected chi connectivity index (χ4v) is 2.97. The molecular weight excluding hydrogens is 276 g/mol. The van der Waals surface area contributed by atoms with Crippen LogP contribution in [0.5, 0.6) is 5.88 Å². The number of rotatable bonds is 3. The monoisotopic (exact) mass is 294 g/mol. The smallest absolute Gasteiger partial charge is 0.244 e. The quantitative estimate of drug-likeness (QED) is 0.911. The molecule has 3 rings (SSSR count). The summed E-state index contributed by atoms with van der Waals surface area (Å²) in [5.74, 6) is 0.390. The van der Waals surface area contributed by atoms with Crippen molar-refractivity contribution in [3.05, 3.63) is 58.1 Å². The molecule has 1 atom stereocenters. The summed E-state index contributed by atoms with van der Waals surface area (Å²) in [6.45, 7) is 4.14. The predicted octanol–water partition coefficient (Wildman–Crippen LogP) is 2.89. The lowest BCUT2D eigenvalue weighted by Crippen LogP contribution is -2.21. The van der Waals surface area contributed by atoms with E-state index in [2.05, 4.69) is 23.2 Å². The van der Waals surface area contributed by atoms with E-state index in [1.165, 1.54) is 0 Å². The lowest BCUT2D eigenvalue weighted by atomic mass is 9.81. The highest BCUT2D eigenvalue weighted by Crippen LogP contribution is 2.43. The SMILES string of the molecule is CCCc1[nH]nc2c1[C@@H](c1ccccc1C)C(C#N)=C(N)O2. The molecule has 5 heteroatoms. The maximum absolute atomic E-state index is 9.57. The van der Waals surface area contributed by atoms with E-state index < -0.39 is 0 Å². The maximum atomic E-state index is 9.57. The third kappa shape index (κ3) is 2.13. The lowest BCUT2D eigenvalue weighted by Gasteiger charge is -2.25. The lowest BCUT2D eigenvalue weighted by molar-refractivity contribution is 0.378. The van der Waals surface area contributed by atoms with Crippen LogP contribution in [0.1, 0.15) is 41.6 Å². The van der Waals surface area contributed by atoms with Crippen molar-refractivity contribution in [1.29, 1.82) is 5.26 Å². The molecule has 0 fully saturated rings. The molecule has 1 aliphatic rings. The Morgan fingerprint density at radius 1 is 1.41 bits per heavy atom. The molecule has 5 nitrogen and oxygen atoms in total. The van der Waals surface area contributed by atoms with E-state index >= 15 is 0 Å². The molecule has 3 N–H and O–H groups in total. The molecule has 1 aliphatic heterocycles. The Morgan fingerprint density at radius 2 is 2.18 bits per heavy atom. The van der Waals surface area contributed by atoms with E-state index in [1.807, 2.05) is 31.2 Å². The number of nitrogens with one attached hydrogen (secondary N) is 1. The zero-order chi connectivity index (χ0) is 15.7. The van der Waals surface area contributed by atoms with Crippen LogP contribution in [-0.2, 0) is 6.42 Å². The summed E-state index contributed by atoms with van der Waals surface area (Å²) in [4.78, 5) is 0. The predicted molar refractivity (Wildman–Crippen MR) is 83.1 cm³/mol. The van der Waals surface area contributed by atoms with E-state index in [9.17, 15) is 5.26 Å². The highest BCUT2D eigenvalue weighted by atomic mass is 16.5. The van der Waals surface area contributed by atoms with E-state index in [0.717, 1.165) is 35.2 Å². The van der Waals surface area contributed by atoms with Crippen LogP contribution in [0.15, 0.2) is 35.7 Å². The Morgan fingerprint density at radius 3 is 2.86 bits per heavy atom. The number of allylic oxidation sites excluding steroid dienone is 1. The van der Waals surface area contributed by atoms with Gasteiger partial charge in [-0.05, 0) is 24.5 Å². The second-order valence-corrected chi connectivity index (χ2v) is 5.45. The van der Waals surface area contributed by atoms with Crippen LogP contribution < -0.4 is 10.5 Å². The number of aromatic nitrogens is 2. The fraction of sp³-hybridized carbons (Fsp3) is 0.294. The van der Waals surface area contributed by atoms with Crippen molar-refractivity contribution in [1.82, 2.24) is 10.2 Å². The second-order valence-electron chi connectivity index (χ2n) is 5.45. The number of fused-ring (bicyclic) bond motifs is 1. The first-order valence-corrected chi connectivity index (χ1v) is 7.37. The Balaban J connectivity index is 2.24.